The van der Waals surface area contributed by atoms with Crippen molar-refractivity contribution >= 4 is 16.6 Å². The lowest BCUT2D eigenvalue weighted by molar-refractivity contribution is 0.546. The molecule has 0 heterocycles. The van der Waals surface area contributed by atoms with Crippen molar-refractivity contribution in [3.63, 3.8) is 0 Å². The molecule has 88 valence electrons. The zero-order valence-electron chi connectivity index (χ0n) is 10.8. The molecule has 2 atom stereocenters. The van der Waals surface area contributed by atoms with E-state index in [4.69, 9.17) is 4.12 Å². The normalized spacial score (nSPS) is 18.9. The van der Waals surface area contributed by atoms with Gasteiger partial charge in [-0.25, -0.2) is 0 Å². The fourth-order valence-electron chi connectivity index (χ4n) is 1.91. The monoisotopic (exact) mass is 242 g/mol. The molecule has 0 aliphatic rings. The molecule has 0 radical (unpaired) electrons. The number of hydrogen-bond acceptors (Lipinski definition) is 1. The highest BCUT2D eigenvalue weighted by atomic mass is 28.4. The van der Waals surface area contributed by atoms with Crippen LogP contribution in [0.25, 0.3) is 0 Å². The lowest BCUT2D eigenvalue weighted by atomic mass is 10.6. The molecular formula is C12H26OSi2. The summed E-state index contributed by atoms with van der Waals surface area (Å²) in [5.74, 6) is 0. The smallest absolute Gasteiger partial charge is 0.201 e. The van der Waals surface area contributed by atoms with E-state index < -0.39 is 16.6 Å². The van der Waals surface area contributed by atoms with E-state index in [-0.39, 0.29) is 0 Å². The van der Waals surface area contributed by atoms with Crippen LogP contribution in [0.2, 0.25) is 25.2 Å². The van der Waals surface area contributed by atoms with Crippen LogP contribution in [0, 0.1) is 0 Å². The van der Waals surface area contributed by atoms with E-state index >= 15 is 0 Å². The van der Waals surface area contributed by atoms with Gasteiger partial charge in [0.15, 0.2) is 0 Å². The molecule has 1 nitrogen and oxygen atoms in total. The Balaban J connectivity index is 4.61. The summed E-state index contributed by atoms with van der Waals surface area (Å²) < 4.78 is 6.45. The van der Waals surface area contributed by atoms with Crippen LogP contribution in [0.15, 0.2) is 24.6 Å². The van der Waals surface area contributed by atoms with Crippen molar-refractivity contribution in [3.8, 4) is 0 Å². The highest BCUT2D eigenvalue weighted by molar-refractivity contribution is 6.90. The van der Waals surface area contributed by atoms with Crippen LogP contribution in [0.4, 0.5) is 0 Å². The molecule has 0 rings (SSSR count). The minimum absolute atomic E-state index is 1.18. The maximum atomic E-state index is 6.45. The lowest BCUT2D eigenvalue weighted by Crippen LogP contribution is -2.45. The average molecular weight is 243 g/mol. The van der Waals surface area contributed by atoms with Gasteiger partial charge in [-0.3, -0.25) is 0 Å². The second kappa shape index (κ2) is 6.45. The van der Waals surface area contributed by atoms with Crippen molar-refractivity contribution in [1.82, 2.24) is 0 Å². The second-order valence-electron chi connectivity index (χ2n) is 4.64. The zero-order valence-corrected chi connectivity index (χ0v) is 12.8. The molecule has 0 aromatic heterocycles. The number of hydrogen-bond donors (Lipinski definition) is 0. The Hall–Kier alpha value is -0.126. The van der Waals surface area contributed by atoms with Crippen LogP contribution in [-0.2, 0) is 4.12 Å². The molecule has 2 unspecified atom stereocenters. The molecule has 0 aliphatic heterocycles. The third-order valence-corrected chi connectivity index (χ3v) is 11.3. The van der Waals surface area contributed by atoms with E-state index in [0.29, 0.717) is 0 Å². The summed E-state index contributed by atoms with van der Waals surface area (Å²) in [6.45, 7) is 16.9. The summed E-state index contributed by atoms with van der Waals surface area (Å²) in [5, 5.41) is 0. The van der Waals surface area contributed by atoms with Gasteiger partial charge in [-0.2, -0.15) is 0 Å². The average Bonchev–Trinajstić information content (AvgIpc) is 2.18. The van der Waals surface area contributed by atoms with Crippen LogP contribution in [-0.4, -0.2) is 16.6 Å². The lowest BCUT2D eigenvalue weighted by Gasteiger charge is -2.34. The third-order valence-electron chi connectivity index (χ3n) is 2.82. The van der Waals surface area contributed by atoms with Crippen molar-refractivity contribution in [2.24, 2.45) is 0 Å². The number of rotatable bonds is 8. The molecule has 0 aromatic carbocycles. The summed E-state index contributed by atoms with van der Waals surface area (Å²) in [6, 6.07) is 2.35. The molecule has 0 aromatic rings. The highest BCUT2D eigenvalue weighted by Crippen LogP contribution is 2.25. The van der Waals surface area contributed by atoms with Gasteiger partial charge in [0, 0.05) is 0 Å². The fraction of sp³-hybridized carbons (Fsp3) is 0.667. The first-order valence-corrected chi connectivity index (χ1v) is 11.3. The van der Waals surface area contributed by atoms with Crippen molar-refractivity contribution in [2.45, 2.75) is 51.9 Å². The zero-order chi connectivity index (χ0) is 11.9. The Morgan fingerprint density at radius 3 is 1.47 bits per heavy atom. The van der Waals surface area contributed by atoms with E-state index in [1.807, 2.05) is 0 Å². The molecule has 15 heavy (non-hydrogen) atoms. The molecular weight excluding hydrogens is 216 g/mol. The van der Waals surface area contributed by atoms with Crippen LogP contribution >= 0.6 is 0 Å². The minimum Gasteiger partial charge on any atom is -0.449 e. The second-order valence-corrected chi connectivity index (χ2v) is 12.5. The Bertz CT molecular complexity index is 196. The topological polar surface area (TPSA) is 9.23 Å². The quantitative estimate of drug-likeness (QED) is 0.572. The first kappa shape index (κ1) is 14.9. The molecule has 0 N–H and O–H groups in total. The minimum atomic E-state index is -1.66. The van der Waals surface area contributed by atoms with Gasteiger partial charge in [0.25, 0.3) is 0 Å². The van der Waals surface area contributed by atoms with E-state index in [1.54, 1.807) is 0 Å². The Kier molecular flexibility index (Phi) is 6.40. The SMILES string of the molecule is C=C[Si](C)(CCC)O[Si](C)(C=C)CCC. The molecule has 0 fully saturated rings. The Morgan fingerprint density at radius 1 is 0.933 bits per heavy atom. The van der Waals surface area contributed by atoms with Crippen LogP contribution in [0.3, 0.4) is 0 Å². The van der Waals surface area contributed by atoms with Gasteiger partial charge >= 0.3 is 0 Å². The predicted molar refractivity (Wildman–Crippen MR) is 74.9 cm³/mol. The van der Waals surface area contributed by atoms with Crippen LogP contribution < -0.4 is 0 Å². The fourth-order valence-corrected chi connectivity index (χ4v) is 10.1. The van der Waals surface area contributed by atoms with Gasteiger partial charge in [-0.15, -0.1) is 13.2 Å². The highest BCUT2D eigenvalue weighted by Gasteiger charge is 2.34. The summed E-state index contributed by atoms with van der Waals surface area (Å²) in [6.07, 6.45) is 2.37. The molecule has 0 saturated heterocycles. The van der Waals surface area contributed by atoms with Gasteiger partial charge in [-0.05, 0) is 25.2 Å². The van der Waals surface area contributed by atoms with Crippen molar-refractivity contribution in [3.05, 3.63) is 24.6 Å². The summed E-state index contributed by atoms with van der Waals surface area (Å²) >= 11 is 0. The van der Waals surface area contributed by atoms with Gasteiger partial charge in [-0.1, -0.05) is 38.1 Å². The summed E-state index contributed by atoms with van der Waals surface area (Å²) in [5.41, 5.74) is 4.17. The molecule has 0 aliphatic carbocycles. The Morgan fingerprint density at radius 2 is 1.27 bits per heavy atom. The Labute approximate surface area is 97.5 Å². The van der Waals surface area contributed by atoms with Gasteiger partial charge in [0.05, 0.1) is 0 Å². The third kappa shape index (κ3) is 4.95. The predicted octanol–water partition coefficient (Wildman–Crippen LogP) is 4.42. The maximum Gasteiger partial charge on any atom is 0.201 e. The van der Waals surface area contributed by atoms with Gasteiger partial charge in [0.2, 0.25) is 16.6 Å². The van der Waals surface area contributed by atoms with E-state index in [2.05, 4.69) is 51.5 Å². The van der Waals surface area contributed by atoms with E-state index in [9.17, 15) is 0 Å². The van der Waals surface area contributed by atoms with Crippen molar-refractivity contribution < 1.29 is 4.12 Å². The van der Waals surface area contributed by atoms with Crippen LogP contribution in [0.5, 0.6) is 0 Å². The van der Waals surface area contributed by atoms with Crippen molar-refractivity contribution in [2.75, 3.05) is 0 Å². The molecule has 0 amide bonds. The first-order valence-electron chi connectivity index (χ1n) is 5.92. The summed E-state index contributed by atoms with van der Waals surface area (Å²) in [4.78, 5) is 0. The van der Waals surface area contributed by atoms with E-state index in [1.165, 1.54) is 24.9 Å². The summed E-state index contributed by atoms with van der Waals surface area (Å²) in [7, 11) is -3.33. The van der Waals surface area contributed by atoms with E-state index in [0.717, 1.165) is 0 Å². The van der Waals surface area contributed by atoms with Gasteiger partial charge in [0.1, 0.15) is 0 Å². The van der Waals surface area contributed by atoms with Gasteiger partial charge < -0.3 is 4.12 Å². The van der Waals surface area contributed by atoms with Crippen molar-refractivity contribution in [1.29, 1.82) is 0 Å². The molecule has 0 spiro atoms. The first-order chi connectivity index (χ1) is 6.95. The maximum absolute atomic E-state index is 6.45. The molecule has 3 heteroatoms. The molecule has 0 saturated carbocycles. The largest absolute Gasteiger partial charge is 0.449 e. The van der Waals surface area contributed by atoms with Crippen LogP contribution in [0.1, 0.15) is 26.7 Å². The standard InChI is InChI=1S/C12H26OSi2/c1-7-11-14(5,9-3)13-15(6,10-4)12-8-2/h9-10H,3-4,7-8,11-12H2,1-2,5-6H3. The molecule has 0 bridgehead atoms.